The first-order chi connectivity index (χ1) is 13.3. The minimum Gasteiger partial charge on any atom is -0.454 e. The lowest BCUT2D eigenvalue weighted by Gasteiger charge is -2.13. The minimum atomic E-state index is -0.906. The topological polar surface area (TPSA) is 106 Å². The SMILES string of the molecule is Cc1c(Cl)cnc(NC(=O)COC(=O)CN2C(=O)c3ccccc3C2=O)c1Cl. The molecular weight excluding hydrogens is 409 g/mol. The van der Waals surface area contributed by atoms with Crippen LogP contribution in [0.1, 0.15) is 26.3 Å². The summed E-state index contributed by atoms with van der Waals surface area (Å²) < 4.78 is 4.83. The van der Waals surface area contributed by atoms with E-state index < -0.39 is 36.8 Å². The van der Waals surface area contributed by atoms with Gasteiger partial charge >= 0.3 is 5.97 Å². The summed E-state index contributed by atoms with van der Waals surface area (Å²) in [4.78, 5) is 53.0. The quantitative estimate of drug-likeness (QED) is 0.586. The summed E-state index contributed by atoms with van der Waals surface area (Å²) in [5.41, 5.74) is 0.977. The van der Waals surface area contributed by atoms with Crippen LogP contribution in [0.2, 0.25) is 10.0 Å². The molecule has 0 fully saturated rings. The first-order valence-corrected chi connectivity index (χ1v) is 8.76. The zero-order valence-corrected chi connectivity index (χ0v) is 16.0. The van der Waals surface area contributed by atoms with Crippen LogP contribution >= 0.6 is 23.2 Å². The van der Waals surface area contributed by atoms with Crippen LogP contribution in [0.4, 0.5) is 5.82 Å². The number of ether oxygens (including phenoxy) is 1. The number of fused-ring (bicyclic) bond motifs is 1. The third-order valence-electron chi connectivity index (χ3n) is 3.99. The van der Waals surface area contributed by atoms with E-state index in [9.17, 15) is 19.2 Å². The third kappa shape index (κ3) is 3.83. The van der Waals surface area contributed by atoms with Crippen molar-refractivity contribution < 1.29 is 23.9 Å². The first kappa shape index (κ1) is 19.8. The Morgan fingerprint density at radius 2 is 1.75 bits per heavy atom. The molecule has 3 rings (SSSR count). The second-order valence-electron chi connectivity index (χ2n) is 5.84. The van der Waals surface area contributed by atoms with Crippen molar-refractivity contribution in [2.45, 2.75) is 6.92 Å². The van der Waals surface area contributed by atoms with E-state index in [1.807, 2.05) is 0 Å². The lowest BCUT2D eigenvalue weighted by atomic mass is 10.1. The van der Waals surface area contributed by atoms with Crippen molar-refractivity contribution in [3.63, 3.8) is 0 Å². The van der Waals surface area contributed by atoms with E-state index in [2.05, 4.69) is 10.3 Å². The van der Waals surface area contributed by atoms with Gasteiger partial charge in [-0.3, -0.25) is 24.1 Å². The number of rotatable bonds is 5. The Labute approximate surface area is 169 Å². The van der Waals surface area contributed by atoms with E-state index in [0.717, 1.165) is 4.90 Å². The number of pyridine rings is 1. The smallest absolute Gasteiger partial charge is 0.326 e. The Balaban J connectivity index is 1.55. The monoisotopic (exact) mass is 421 g/mol. The molecule has 1 aliphatic heterocycles. The zero-order chi connectivity index (χ0) is 20.4. The van der Waals surface area contributed by atoms with Crippen LogP contribution in [0.25, 0.3) is 0 Å². The van der Waals surface area contributed by atoms with Gasteiger partial charge in [0.25, 0.3) is 17.7 Å². The number of halogens is 2. The highest BCUT2D eigenvalue weighted by Gasteiger charge is 2.36. The molecule has 0 spiro atoms. The molecule has 1 aromatic carbocycles. The molecule has 0 saturated heterocycles. The summed E-state index contributed by atoms with van der Waals surface area (Å²) in [6.07, 6.45) is 1.33. The number of aromatic nitrogens is 1. The molecule has 0 unspecified atom stereocenters. The van der Waals surface area contributed by atoms with Crippen LogP contribution in [-0.2, 0) is 14.3 Å². The average Bonchev–Trinajstić information content (AvgIpc) is 2.92. The summed E-state index contributed by atoms with van der Waals surface area (Å²) in [5.74, 6) is -2.70. The number of esters is 1. The van der Waals surface area contributed by atoms with Gasteiger partial charge in [0, 0.05) is 6.20 Å². The largest absolute Gasteiger partial charge is 0.454 e. The number of nitrogens with one attached hydrogen (secondary N) is 1. The summed E-state index contributed by atoms with van der Waals surface area (Å²) in [7, 11) is 0. The molecule has 1 aliphatic rings. The van der Waals surface area contributed by atoms with Crippen molar-refractivity contribution in [1.82, 2.24) is 9.88 Å². The number of anilines is 1. The van der Waals surface area contributed by atoms with E-state index >= 15 is 0 Å². The Bertz CT molecular complexity index is 974. The number of carbonyl (C=O) groups excluding carboxylic acids is 4. The fourth-order valence-corrected chi connectivity index (χ4v) is 2.91. The van der Waals surface area contributed by atoms with Gasteiger partial charge in [-0.15, -0.1) is 0 Å². The molecule has 0 aliphatic carbocycles. The fraction of sp³-hybridized carbons (Fsp3) is 0.167. The number of imide groups is 1. The second kappa shape index (κ2) is 7.95. The lowest BCUT2D eigenvalue weighted by Crippen LogP contribution is -2.36. The molecule has 144 valence electrons. The minimum absolute atomic E-state index is 0.0740. The molecular formula is C18H13Cl2N3O5. The second-order valence-corrected chi connectivity index (χ2v) is 6.63. The number of hydrogen-bond donors (Lipinski definition) is 1. The maximum absolute atomic E-state index is 12.2. The number of amides is 3. The van der Waals surface area contributed by atoms with Crippen molar-refractivity contribution in [2.75, 3.05) is 18.5 Å². The van der Waals surface area contributed by atoms with Gasteiger partial charge in [-0.2, -0.15) is 0 Å². The molecule has 0 radical (unpaired) electrons. The van der Waals surface area contributed by atoms with Crippen LogP contribution in [0.15, 0.2) is 30.5 Å². The van der Waals surface area contributed by atoms with E-state index in [0.29, 0.717) is 10.6 Å². The van der Waals surface area contributed by atoms with Gasteiger partial charge in [-0.25, -0.2) is 4.98 Å². The Morgan fingerprint density at radius 1 is 1.14 bits per heavy atom. The molecule has 10 heteroatoms. The van der Waals surface area contributed by atoms with E-state index in [1.54, 1.807) is 19.1 Å². The molecule has 2 heterocycles. The normalized spacial score (nSPS) is 12.8. The number of hydrogen-bond acceptors (Lipinski definition) is 6. The average molecular weight is 422 g/mol. The Morgan fingerprint density at radius 3 is 2.36 bits per heavy atom. The van der Waals surface area contributed by atoms with Gasteiger partial charge < -0.3 is 10.1 Å². The fourth-order valence-electron chi connectivity index (χ4n) is 2.52. The summed E-state index contributed by atoms with van der Waals surface area (Å²) in [6.45, 7) is 0.421. The van der Waals surface area contributed by atoms with Gasteiger partial charge in [0.15, 0.2) is 12.4 Å². The van der Waals surface area contributed by atoms with Crippen molar-refractivity contribution in [1.29, 1.82) is 0 Å². The van der Waals surface area contributed by atoms with Gasteiger partial charge in [-0.05, 0) is 24.6 Å². The molecule has 2 aromatic rings. The predicted molar refractivity (Wildman–Crippen MR) is 100 cm³/mol. The third-order valence-corrected chi connectivity index (χ3v) is 4.83. The highest BCUT2D eigenvalue weighted by Crippen LogP contribution is 2.28. The molecule has 0 saturated carbocycles. The molecule has 0 atom stereocenters. The highest BCUT2D eigenvalue weighted by molar-refractivity contribution is 6.37. The first-order valence-electron chi connectivity index (χ1n) is 8.01. The van der Waals surface area contributed by atoms with E-state index in [4.69, 9.17) is 27.9 Å². The Hall–Kier alpha value is -2.97. The van der Waals surface area contributed by atoms with Crippen molar-refractivity contribution in [3.05, 3.63) is 57.2 Å². The molecule has 28 heavy (non-hydrogen) atoms. The highest BCUT2D eigenvalue weighted by atomic mass is 35.5. The van der Waals surface area contributed by atoms with Crippen molar-refractivity contribution in [2.24, 2.45) is 0 Å². The van der Waals surface area contributed by atoms with Crippen LogP contribution in [0.5, 0.6) is 0 Å². The molecule has 1 N–H and O–H groups in total. The van der Waals surface area contributed by atoms with Gasteiger partial charge in [0.1, 0.15) is 6.54 Å². The van der Waals surface area contributed by atoms with Gasteiger partial charge in [0.2, 0.25) is 0 Å². The van der Waals surface area contributed by atoms with Gasteiger partial charge in [-0.1, -0.05) is 35.3 Å². The Kier molecular flexibility index (Phi) is 5.62. The van der Waals surface area contributed by atoms with E-state index in [-0.39, 0.29) is 22.0 Å². The van der Waals surface area contributed by atoms with Crippen molar-refractivity contribution in [3.8, 4) is 0 Å². The van der Waals surface area contributed by atoms with Crippen LogP contribution < -0.4 is 5.32 Å². The van der Waals surface area contributed by atoms with Crippen molar-refractivity contribution >= 4 is 52.7 Å². The maximum atomic E-state index is 12.2. The molecule has 0 bridgehead atoms. The predicted octanol–water partition coefficient (Wildman–Crippen LogP) is 2.47. The van der Waals surface area contributed by atoms with Crippen LogP contribution in [0.3, 0.4) is 0 Å². The number of nitrogens with zero attached hydrogens (tertiary/aromatic N) is 2. The maximum Gasteiger partial charge on any atom is 0.326 e. The molecule has 3 amide bonds. The molecule has 8 nitrogen and oxygen atoms in total. The zero-order valence-electron chi connectivity index (χ0n) is 14.5. The lowest BCUT2D eigenvalue weighted by molar-refractivity contribution is -0.147. The number of carbonyl (C=O) groups is 4. The summed E-state index contributed by atoms with van der Waals surface area (Å²) in [5, 5.41) is 2.90. The molecule has 1 aromatic heterocycles. The van der Waals surface area contributed by atoms with E-state index in [1.165, 1.54) is 18.3 Å². The summed E-state index contributed by atoms with van der Waals surface area (Å²) in [6, 6.07) is 6.24. The van der Waals surface area contributed by atoms with Crippen LogP contribution in [-0.4, -0.2) is 46.7 Å². The van der Waals surface area contributed by atoms with Gasteiger partial charge in [0.05, 0.1) is 21.2 Å². The van der Waals surface area contributed by atoms with Crippen LogP contribution in [0, 0.1) is 6.92 Å². The summed E-state index contributed by atoms with van der Waals surface area (Å²) >= 11 is 11.9. The standard InChI is InChI=1S/C18H13Cl2N3O5/c1-9-12(19)6-21-16(15(9)20)22-13(24)8-28-14(25)7-23-17(26)10-4-2-3-5-11(10)18(23)27/h2-6H,7-8H2,1H3,(H,21,22,24). The number of benzene rings is 1.